The molecule has 0 saturated heterocycles. The Balaban J connectivity index is 2.02. The molecule has 3 N–H and O–H groups in total. The Morgan fingerprint density at radius 2 is 1.81 bits per heavy atom. The van der Waals surface area contributed by atoms with E-state index in [1.165, 1.54) is 21.3 Å². The molecule has 0 radical (unpaired) electrons. The first-order valence-electron chi connectivity index (χ1n) is 10.9. The predicted molar refractivity (Wildman–Crippen MR) is 138 cm³/mol. The number of methoxy groups -OCH3 is 3. The summed E-state index contributed by atoms with van der Waals surface area (Å²) < 4.78 is 16.4. The van der Waals surface area contributed by atoms with Gasteiger partial charge in [-0.3, -0.25) is 14.2 Å². The van der Waals surface area contributed by atoms with E-state index in [0.29, 0.717) is 22.7 Å². The van der Waals surface area contributed by atoms with Crippen molar-refractivity contribution in [2.75, 3.05) is 26.6 Å². The fourth-order valence-electron chi connectivity index (χ4n) is 3.96. The topological polar surface area (TPSA) is 146 Å². The monoisotopic (exact) mass is 518 g/mol. The summed E-state index contributed by atoms with van der Waals surface area (Å²) in [5.41, 5.74) is 6.83. The molecule has 1 aliphatic heterocycles. The quantitative estimate of drug-likeness (QED) is 0.462. The molecular formula is C26H22N4O6S. The summed E-state index contributed by atoms with van der Waals surface area (Å²) in [7, 11) is 4.22. The Kier molecular flexibility index (Phi) is 7.13. The van der Waals surface area contributed by atoms with Gasteiger partial charge >= 0.3 is 5.97 Å². The lowest BCUT2D eigenvalue weighted by atomic mass is 9.83. The minimum absolute atomic E-state index is 0.00290. The lowest BCUT2D eigenvalue weighted by molar-refractivity contribution is -0.133. The number of hydrogen-bond donors (Lipinski definition) is 2. The van der Waals surface area contributed by atoms with Gasteiger partial charge in [-0.2, -0.15) is 5.26 Å². The van der Waals surface area contributed by atoms with Crippen LogP contribution in [0.4, 0.5) is 5.69 Å². The Morgan fingerprint density at radius 1 is 1.11 bits per heavy atom. The number of thiazole rings is 1. The van der Waals surface area contributed by atoms with E-state index in [4.69, 9.17) is 15.2 Å². The first kappa shape index (κ1) is 25.3. The molecule has 1 aliphatic rings. The smallest absolute Gasteiger partial charge is 0.332 e. The van der Waals surface area contributed by atoms with Crippen molar-refractivity contribution in [2.24, 2.45) is 5.73 Å². The number of amides is 1. The molecule has 1 atom stereocenters. The van der Waals surface area contributed by atoms with E-state index >= 15 is 0 Å². The zero-order valence-electron chi connectivity index (χ0n) is 20.1. The summed E-state index contributed by atoms with van der Waals surface area (Å²) >= 11 is 0.905. The fourth-order valence-corrected chi connectivity index (χ4v) is 5.10. The number of allylic oxidation sites excluding steroid dienone is 1. The third kappa shape index (κ3) is 4.70. The highest BCUT2D eigenvalue weighted by atomic mass is 32.1. The third-order valence-electron chi connectivity index (χ3n) is 5.74. The lowest BCUT2D eigenvalue weighted by Crippen LogP contribution is -2.40. The van der Waals surface area contributed by atoms with Gasteiger partial charge in [-0.25, -0.2) is 4.79 Å². The Bertz CT molecular complexity index is 1640. The molecule has 11 heteroatoms. The van der Waals surface area contributed by atoms with Crippen molar-refractivity contribution in [3.8, 4) is 17.6 Å². The fraction of sp³-hybridized carbons (Fsp3) is 0.154. The van der Waals surface area contributed by atoms with Crippen molar-refractivity contribution >= 4 is 46.4 Å². The number of nitrogens with one attached hydrogen (secondary N) is 1. The lowest BCUT2D eigenvalue weighted by Gasteiger charge is -2.25. The molecule has 1 amide bonds. The van der Waals surface area contributed by atoms with Gasteiger partial charge in [0.15, 0.2) is 0 Å². The summed E-state index contributed by atoms with van der Waals surface area (Å²) in [5, 5.41) is 12.9. The van der Waals surface area contributed by atoms with E-state index in [9.17, 15) is 19.6 Å². The van der Waals surface area contributed by atoms with Gasteiger partial charge in [-0.05, 0) is 42.0 Å². The molecule has 1 unspecified atom stereocenters. The first-order chi connectivity index (χ1) is 17.8. The van der Waals surface area contributed by atoms with Gasteiger partial charge in [0.1, 0.15) is 26.5 Å². The van der Waals surface area contributed by atoms with Gasteiger partial charge in [0, 0.05) is 11.8 Å². The number of carbonyl (C=O) groups is 2. The number of benzene rings is 2. The molecule has 10 nitrogen and oxygen atoms in total. The first-order valence-corrected chi connectivity index (χ1v) is 11.7. The molecule has 0 aliphatic carbocycles. The van der Waals surface area contributed by atoms with E-state index in [1.54, 1.807) is 48.5 Å². The molecule has 0 bridgehead atoms. The van der Waals surface area contributed by atoms with Crippen LogP contribution in [0.25, 0.3) is 17.5 Å². The van der Waals surface area contributed by atoms with Crippen molar-refractivity contribution in [3.05, 3.63) is 79.2 Å². The van der Waals surface area contributed by atoms with Gasteiger partial charge in [0.2, 0.25) is 0 Å². The number of hydrogen-bond acceptors (Lipinski definition) is 9. The van der Waals surface area contributed by atoms with Crippen LogP contribution in [0.15, 0.2) is 58.9 Å². The van der Waals surface area contributed by atoms with Crippen molar-refractivity contribution in [1.29, 1.82) is 5.26 Å². The second kappa shape index (κ2) is 10.4. The van der Waals surface area contributed by atoms with Gasteiger partial charge in [-0.1, -0.05) is 12.1 Å². The van der Waals surface area contributed by atoms with Crippen molar-refractivity contribution in [1.82, 2.24) is 4.57 Å². The number of aromatic nitrogens is 1. The summed E-state index contributed by atoms with van der Waals surface area (Å²) in [6.45, 7) is 0. The maximum Gasteiger partial charge on any atom is 0.332 e. The number of fused-ring (bicyclic) bond motifs is 1. The molecule has 0 spiro atoms. The van der Waals surface area contributed by atoms with Crippen LogP contribution in [0.3, 0.4) is 0 Å². The summed E-state index contributed by atoms with van der Waals surface area (Å²) in [6.07, 6.45) is 1.02. The summed E-state index contributed by atoms with van der Waals surface area (Å²) in [6, 6.07) is 15.6. The molecule has 4 rings (SSSR count). The number of nitrogens with zero attached hydrogens (tertiary/aromatic N) is 2. The molecule has 188 valence electrons. The highest BCUT2D eigenvalue weighted by Crippen LogP contribution is 2.37. The Hall–Kier alpha value is -4.82. The molecule has 0 saturated carbocycles. The average Bonchev–Trinajstić information content (AvgIpc) is 3.24. The van der Waals surface area contributed by atoms with E-state index in [0.717, 1.165) is 22.0 Å². The van der Waals surface area contributed by atoms with Crippen LogP contribution < -0.4 is 35.3 Å². The minimum Gasteiger partial charge on any atom is -0.497 e. The summed E-state index contributed by atoms with van der Waals surface area (Å²) in [5.74, 6) is -1.22. The maximum absolute atomic E-state index is 13.8. The maximum atomic E-state index is 13.8. The third-order valence-corrected chi connectivity index (χ3v) is 6.85. The van der Waals surface area contributed by atoms with Crippen LogP contribution in [-0.4, -0.2) is 37.8 Å². The Morgan fingerprint density at radius 3 is 2.43 bits per heavy atom. The zero-order chi connectivity index (χ0) is 26.7. The number of anilines is 1. The van der Waals surface area contributed by atoms with E-state index in [2.05, 4.69) is 16.1 Å². The van der Waals surface area contributed by atoms with Gasteiger partial charge in [0.25, 0.3) is 11.5 Å². The molecular weight excluding hydrogens is 496 g/mol. The summed E-state index contributed by atoms with van der Waals surface area (Å²) in [4.78, 5) is 38.9. The van der Waals surface area contributed by atoms with Crippen LogP contribution in [-0.2, 0) is 14.3 Å². The standard InChI is InChI=1S/C26H22N4O6S/c1-34-16-9-7-15(8-10-16)29-24(32)22-21(14-5-4-6-17(11-14)35-2)18(13-27)23(28)30-25(33)19(37-26(22)30)12-20(31)36-3/h4-12,21H,28H2,1-3H3,(H,29,32)/b19-12-. The number of rotatable bonds is 6. The van der Waals surface area contributed by atoms with Crippen molar-refractivity contribution < 1.29 is 23.8 Å². The highest BCUT2D eigenvalue weighted by molar-refractivity contribution is 7.07. The molecule has 0 fully saturated rings. The number of carbonyl (C=O) groups excluding carboxylic acids is 2. The van der Waals surface area contributed by atoms with Crippen LogP contribution in [0.5, 0.6) is 11.5 Å². The SMILES string of the molecule is COC(=O)/C=c1\sc2n(c1=O)C(N)=C(C#N)C(c1cccc(OC)c1)C=2C(=O)Nc1ccc(OC)cc1. The van der Waals surface area contributed by atoms with Gasteiger partial charge in [-0.15, -0.1) is 11.3 Å². The second-order valence-corrected chi connectivity index (χ2v) is 8.83. The number of esters is 1. The number of nitriles is 1. The minimum atomic E-state index is -0.914. The number of ether oxygens (including phenoxy) is 3. The van der Waals surface area contributed by atoms with E-state index < -0.39 is 23.4 Å². The molecule has 37 heavy (non-hydrogen) atoms. The number of nitrogens with two attached hydrogens (primary N) is 1. The molecule has 2 heterocycles. The average molecular weight is 519 g/mol. The van der Waals surface area contributed by atoms with E-state index in [-0.39, 0.29) is 26.2 Å². The van der Waals surface area contributed by atoms with Crippen LogP contribution in [0.2, 0.25) is 0 Å². The Labute approximate surface area is 215 Å². The van der Waals surface area contributed by atoms with Crippen LogP contribution in [0.1, 0.15) is 11.5 Å². The molecule has 1 aromatic heterocycles. The van der Waals surface area contributed by atoms with Crippen molar-refractivity contribution in [3.63, 3.8) is 0 Å². The van der Waals surface area contributed by atoms with Crippen LogP contribution in [0, 0.1) is 11.3 Å². The largest absolute Gasteiger partial charge is 0.497 e. The zero-order valence-corrected chi connectivity index (χ0v) is 20.9. The molecule has 2 aromatic carbocycles. The van der Waals surface area contributed by atoms with Crippen molar-refractivity contribution in [2.45, 2.75) is 5.92 Å². The van der Waals surface area contributed by atoms with Gasteiger partial charge < -0.3 is 25.3 Å². The van der Waals surface area contributed by atoms with E-state index in [1.807, 2.05) is 0 Å². The van der Waals surface area contributed by atoms with Gasteiger partial charge in [0.05, 0.1) is 44.5 Å². The normalized spacial score (nSPS) is 15.0. The molecule has 3 aromatic rings. The second-order valence-electron chi connectivity index (χ2n) is 7.80. The predicted octanol–water partition coefficient (Wildman–Crippen LogP) is 1.12. The highest BCUT2D eigenvalue weighted by Gasteiger charge is 2.36. The van der Waals surface area contributed by atoms with Crippen LogP contribution >= 0.6 is 11.3 Å².